The molecule has 1 aliphatic rings. The minimum atomic E-state index is -0.243. The summed E-state index contributed by atoms with van der Waals surface area (Å²) in [5.41, 5.74) is 0.676. The molecule has 0 radical (unpaired) electrons. The molecule has 21 heavy (non-hydrogen) atoms. The second-order valence-electron chi connectivity index (χ2n) is 5.26. The van der Waals surface area contributed by atoms with E-state index in [1.54, 1.807) is 19.1 Å². The van der Waals surface area contributed by atoms with Crippen molar-refractivity contribution in [2.45, 2.75) is 13.3 Å². The van der Waals surface area contributed by atoms with Gasteiger partial charge in [0.25, 0.3) is 0 Å². The summed E-state index contributed by atoms with van der Waals surface area (Å²) in [6.45, 7) is 2.60. The molecule has 4 nitrogen and oxygen atoms in total. The van der Waals surface area contributed by atoms with Crippen LogP contribution in [-0.2, 0) is 9.53 Å². The monoisotopic (exact) mass is 284 g/mol. The number of benzene rings is 2. The third-order valence-corrected chi connectivity index (χ3v) is 3.70. The van der Waals surface area contributed by atoms with Gasteiger partial charge in [-0.15, -0.1) is 0 Å². The van der Waals surface area contributed by atoms with Crippen LogP contribution >= 0.6 is 0 Å². The highest BCUT2D eigenvalue weighted by Crippen LogP contribution is 2.24. The summed E-state index contributed by atoms with van der Waals surface area (Å²) in [4.78, 5) is 23.3. The molecule has 0 bridgehead atoms. The van der Waals surface area contributed by atoms with Gasteiger partial charge < -0.3 is 9.47 Å². The molecular weight excluding hydrogens is 268 g/mol. The van der Waals surface area contributed by atoms with Crippen molar-refractivity contribution in [2.24, 2.45) is 5.92 Å². The molecule has 0 unspecified atom stereocenters. The minimum Gasteiger partial charge on any atom is -0.426 e. The topological polar surface area (TPSA) is 52.6 Å². The third kappa shape index (κ3) is 2.95. The Morgan fingerprint density at radius 2 is 1.90 bits per heavy atom. The summed E-state index contributed by atoms with van der Waals surface area (Å²) in [6.07, 6.45) is 0.717. The molecule has 1 atom stereocenters. The lowest BCUT2D eigenvalue weighted by Gasteiger charge is -2.09. The largest absolute Gasteiger partial charge is 0.426 e. The molecule has 3 rings (SSSR count). The number of Topliss-reactive ketones (excluding diaryl/α,β-unsaturated/α-hetero) is 1. The van der Waals surface area contributed by atoms with Crippen LogP contribution in [0.5, 0.6) is 5.75 Å². The van der Waals surface area contributed by atoms with E-state index in [-0.39, 0.29) is 17.7 Å². The molecule has 1 fully saturated rings. The van der Waals surface area contributed by atoms with Crippen molar-refractivity contribution in [3.05, 3.63) is 42.0 Å². The summed E-state index contributed by atoms with van der Waals surface area (Å²) in [5.74, 6) is 0.150. The fraction of sp³-hybridized carbons (Fsp3) is 0.294. The van der Waals surface area contributed by atoms with E-state index < -0.39 is 0 Å². The molecule has 1 aliphatic heterocycles. The number of hydrogen-bond donors (Lipinski definition) is 0. The maximum atomic E-state index is 11.9. The molecule has 108 valence electrons. The minimum absolute atomic E-state index is 0.0358. The van der Waals surface area contributed by atoms with Gasteiger partial charge >= 0.3 is 5.97 Å². The van der Waals surface area contributed by atoms with Crippen molar-refractivity contribution in [2.75, 3.05) is 13.2 Å². The quantitative estimate of drug-likeness (QED) is 0.494. The first-order chi connectivity index (χ1) is 10.1. The highest BCUT2D eigenvalue weighted by Gasteiger charge is 2.25. The van der Waals surface area contributed by atoms with Gasteiger partial charge in [-0.05, 0) is 42.3 Å². The zero-order valence-corrected chi connectivity index (χ0v) is 11.8. The van der Waals surface area contributed by atoms with E-state index in [0.717, 1.165) is 10.8 Å². The first-order valence-corrected chi connectivity index (χ1v) is 6.98. The van der Waals surface area contributed by atoms with Gasteiger partial charge in [0.15, 0.2) is 5.78 Å². The predicted octanol–water partition coefficient (Wildman–Crippen LogP) is 2.98. The average Bonchev–Trinajstić information content (AvgIpc) is 3.01. The Balaban J connectivity index is 1.82. The van der Waals surface area contributed by atoms with Crippen molar-refractivity contribution in [1.82, 2.24) is 0 Å². The van der Waals surface area contributed by atoms with Crippen LogP contribution in [0, 0.1) is 5.92 Å². The maximum Gasteiger partial charge on any atom is 0.316 e. The normalized spacial score (nSPS) is 17.9. The van der Waals surface area contributed by atoms with Gasteiger partial charge in [0.2, 0.25) is 0 Å². The van der Waals surface area contributed by atoms with E-state index in [9.17, 15) is 9.59 Å². The Labute approximate surface area is 122 Å². The predicted molar refractivity (Wildman–Crippen MR) is 78.5 cm³/mol. The van der Waals surface area contributed by atoms with Crippen molar-refractivity contribution in [3.8, 4) is 5.75 Å². The smallest absolute Gasteiger partial charge is 0.316 e. The Morgan fingerprint density at radius 3 is 2.62 bits per heavy atom. The van der Waals surface area contributed by atoms with Crippen LogP contribution in [0.3, 0.4) is 0 Å². The Bertz CT molecular complexity index is 699. The van der Waals surface area contributed by atoms with Crippen LogP contribution in [0.15, 0.2) is 36.4 Å². The van der Waals surface area contributed by atoms with E-state index in [1.165, 1.54) is 0 Å². The van der Waals surface area contributed by atoms with Gasteiger partial charge in [-0.3, -0.25) is 9.59 Å². The lowest BCUT2D eigenvalue weighted by molar-refractivity contribution is -0.138. The van der Waals surface area contributed by atoms with Crippen LogP contribution in [-0.4, -0.2) is 25.0 Å². The number of ketones is 1. The van der Waals surface area contributed by atoms with Gasteiger partial charge in [0.05, 0.1) is 12.5 Å². The number of hydrogen-bond acceptors (Lipinski definition) is 4. The van der Waals surface area contributed by atoms with Gasteiger partial charge in [-0.25, -0.2) is 0 Å². The van der Waals surface area contributed by atoms with E-state index in [4.69, 9.17) is 9.47 Å². The van der Waals surface area contributed by atoms with Gasteiger partial charge in [0.1, 0.15) is 5.75 Å². The summed E-state index contributed by atoms with van der Waals surface area (Å²) in [5, 5.41) is 1.89. The molecule has 2 aromatic carbocycles. The Morgan fingerprint density at radius 1 is 1.14 bits per heavy atom. The zero-order valence-electron chi connectivity index (χ0n) is 11.8. The molecule has 0 saturated carbocycles. The lowest BCUT2D eigenvalue weighted by atomic mass is 10.0. The van der Waals surface area contributed by atoms with Gasteiger partial charge in [-0.1, -0.05) is 18.2 Å². The first-order valence-electron chi connectivity index (χ1n) is 6.98. The number of fused-ring (bicyclic) bond motifs is 1. The number of carbonyl (C=O) groups excluding carboxylic acids is 2. The fourth-order valence-corrected chi connectivity index (χ4v) is 2.43. The number of carbonyl (C=O) groups is 2. The fourth-order valence-electron chi connectivity index (χ4n) is 2.43. The Hall–Kier alpha value is -2.20. The van der Waals surface area contributed by atoms with Gasteiger partial charge in [-0.2, -0.15) is 0 Å². The molecule has 4 heteroatoms. The van der Waals surface area contributed by atoms with E-state index in [1.807, 2.05) is 24.3 Å². The average molecular weight is 284 g/mol. The second-order valence-corrected chi connectivity index (χ2v) is 5.26. The first kappa shape index (κ1) is 13.8. The van der Waals surface area contributed by atoms with Crippen molar-refractivity contribution >= 4 is 22.5 Å². The van der Waals surface area contributed by atoms with E-state index in [2.05, 4.69) is 0 Å². The molecule has 0 aliphatic carbocycles. The molecule has 1 heterocycles. The summed E-state index contributed by atoms with van der Waals surface area (Å²) >= 11 is 0. The molecule has 2 aromatic rings. The van der Waals surface area contributed by atoms with Crippen LogP contribution in [0.2, 0.25) is 0 Å². The second kappa shape index (κ2) is 5.66. The Kier molecular flexibility index (Phi) is 3.71. The standard InChI is InChI=1S/C17H16O4/c1-11(18)12-2-3-14-9-16(5-4-13(14)8-12)21-17(19)15-6-7-20-10-15/h2-5,8-9,15H,6-7,10H2,1H3/t15-/m0/s1. The summed E-state index contributed by atoms with van der Waals surface area (Å²) in [6, 6.07) is 10.9. The molecule has 0 spiro atoms. The van der Waals surface area contributed by atoms with Crippen molar-refractivity contribution in [3.63, 3.8) is 0 Å². The number of ether oxygens (including phenoxy) is 2. The van der Waals surface area contributed by atoms with Crippen molar-refractivity contribution < 1.29 is 19.1 Å². The van der Waals surface area contributed by atoms with Crippen LogP contribution in [0.25, 0.3) is 10.8 Å². The highest BCUT2D eigenvalue weighted by atomic mass is 16.5. The molecule has 0 aromatic heterocycles. The number of rotatable bonds is 3. The zero-order chi connectivity index (χ0) is 14.8. The van der Waals surface area contributed by atoms with Crippen molar-refractivity contribution in [1.29, 1.82) is 0 Å². The number of esters is 1. The molecule has 0 N–H and O–H groups in total. The third-order valence-electron chi connectivity index (χ3n) is 3.70. The van der Waals surface area contributed by atoms with Crippen LogP contribution in [0.1, 0.15) is 23.7 Å². The molecular formula is C17H16O4. The highest BCUT2D eigenvalue weighted by molar-refractivity contribution is 5.98. The maximum absolute atomic E-state index is 11.9. The van der Waals surface area contributed by atoms with Gasteiger partial charge in [0, 0.05) is 12.2 Å². The van der Waals surface area contributed by atoms with Crippen LogP contribution in [0.4, 0.5) is 0 Å². The van der Waals surface area contributed by atoms with E-state index >= 15 is 0 Å². The summed E-state index contributed by atoms with van der Waals surface area (Å²) < 4.78 is 10.6. The lowest BCUT2D eigenvalue weighted by Crippen LogP contribution is -2.20. The summed E-state index contributed by atoms with van der Waals surface area (Å²) in [7, 11) is 0. The SMILES string of the molecule is CC(=O)c1ccc2cc(OC(=O)[C@H]3CCOC3)ccc2c1. The molecule has 0 amide bonds. The van der Waals surface area contributed by atoms with E-state index in [0.29, 0.717) is 30.9 Å². The molecule has 1 saturated heterocycles. The van der Waals surface area contributed by atoms with Crippen LogP contribution < -0.4 is 4.74 Å².